The van der Waals surface area contributed by atoms with E-state index in [0.717, 1.165) is 0 Å². The molecule has 0 unspecified atom stereocenters. The van der Waals surface area contributed by atoms with Crippen LogP contribution in [0.15, 0.2) is 33.6 Å². The minimum atomic E-state index is 0.595. The third kappa shape index (κ3) is 0.699. The summed E-state index contributed by atoms with van der Waals surface area (Å²) in [5.41, 5.74) is 0. The standard InChI is InChI=1S/C6H4N2O2/c1-3-7-9-5(1)6-2-4-8-10-6/h1-4H. The third-order valence-electron chi connectivity index (χ3n) is 1.12. The summed E-state index contributed by atoms with van der Waals surface area (Å²) in [5, 5.41) is 7.03. The van der Waals surface area contributed by atoms with Crippen LogP contribution in [0.4, 0.5) is 0 Å². The van der Waals surface area contributed by atoms with E-state index in [1.54, 1.807) is 24.5 Å². The molecule has 0 saturated carbocycles. The lowest BCUT2D eigenvalue weighted by Crippen LogP contribution is -1.63. The van der Waals surface area contributed by atoms with Crippen molar-refractivity contribution in [3.63, 3.8) is 0 Å². The van der Waals surface area contributed by atoms with E-state index in [9.17, 15) is 0 Å². The fraction of sp³-hybridized carbons (Fsp3) is 0. The van der Waals surface area contributed by atoms with E-state index >= 15 is 0 Å². The molecule has 0 saturated heterocycles. The van der Waals surface area contributed by atoms with Gasteiger partial charge in [0.2, 0.25) is 11.5 Å². The minimum absolute atomic E-state index is 0.595. The molecule has 0 fully saturated rings. The molecule has 2 aromatic rings. The second-order valence-corrected chi connectivity index (χ2v) is 1.75. The summed E-state index contributed by atoms with van der Waals surface area (Å²) in [6, 6.07) is 3.42. The van der Waals surface area contributed by atoms with Crippen molar-refractivity contribution in [1.29, 1.82) is 0 Å². The Labute approximate surface area is 56.4 Å². The van der Waals surface area contributed by atoms with E-state index in [1.165, 1.54) is 0 Å². The lowest BCUT2D eigenvalue weighted by atomic mass is 10.4. The molecule has 0 aromatic carbocycles. The molecule has 4 heteroatoms. The molecule has 0 N–H and O–H groups in total. The Morgan fingerprint density at radius 3 is 1.70 bits per heavy atom. The minimum Gasteiger partial charge on any atom is -0.353 e. The predicted octanol–water partition coefficient (Wildman–Crippen LogP) is 1.33. The topological polar surface area (TPSA) is 52.1 Å². The van der Waals surface area contributed by atoms with Gasteiger partial charge in [0.25, 0.3) is 0 Å². The zero-order valence-corrected chi connectivity index (χ0v) is 5.02. The maximum absolute atomic E-state index is 4.79. The molecular weight excluding hydrogens is 132 g/mol. The van der Waals surface area contributed by atoms with Gasteiger partial charge in [-0.05, 0) is 0 Å². The average molecular weight is 136 g/mol. The van der Waals surface area contributed by atoms with Crippen molar-refractivity contribution in [2.75, 3.05) is 0 Å². The molecule has 0 bridgehead atoms. The van der Waals surface area contributed by atoms with Crippen molar-refractivity contribution in [3.05, 3.63) is 24.5 Å². The molecule has 0 radical (unpaired) electrons. The largest absolute Gasteiger partial charge is 0.353 e. The van der Waals surface area contributed by atoms with Gasteiger partial charge in [0.15, 0.2) is 0 Å². The van der Waals surface area contributed by atoms with Crippen LogP contribution in [0, 0.1) is 0 Å². The predicted molar refractivity (Wildman–Crippen MR) is 32.0 cm³/mol. The van der Waals surface area contributed by atoms with Crippen LogP contribution in [0.1, 0.15) is 0 Å². The summed E-state index contributed by atoms with van der Waals surface area (Å²) in [4.78, 5) is 0. The molecule has 2 heterocycles. The Balaban J connectivity index is 2.48. The smallest absolute Gasteiger partial charge is 0.204 e. The summed E-state index contributed by atoms with van der Waals surface area (Å²) in [5.74, 6) is 1.19. The van der Waals surface area contributed by atoms with Crippen molar-refractivity contribution < 1.29 is 9.05 Å². The lowest BCUT2D eigenvalue weighted by Gasteiger charge is -1.80. The van der Waals surface area contributed by atoms with Gasteiger partial charge >= 0.3 is 0 Å². The van der Waals surface area contributed by atoms with E-state index in [4.69, 9.17) is 9.05 Å². The van der Waals surface area contributed by atoms with Crippen LogP contribution in [0.3, 0.4) is 0 Å². The SMILES string of the molecule is c1cc(-c2ccno2)on1. The van der Waals surface area contributed by atoms with E-state index < -0.39 is 0 Å². The zero-order chi connectivity index (χ0) is 6.81. The Morgan fingerprint density at radius 2 is 1.40 bits per heavy atom. The summed E-state index contributed by atoms with van der Waals surface area (Å²) in [6.07, 6.45) is 3.11. The van der Waals surface area contributed by atoms with Gasteiger partial charge in [-0.25, -0.2) is 0 Å². The molecule has 2 aromatic heterocycles. The van der Waals surface area contributed by atoms with Gasteiger partial charge < -0.3 is 9.05 Å². The molecule has 4 nitrogen and oxygen atoms in total. The molecule has 2 rings (SSSR count). The average Bonchev–Trinajstić information content (AvgIpc) is 2.59. The summed E-state index contributed by atoms with van der Waals surface area (Å²) in [7, 11) is 0. The molecule has 0 aliphatic rings. The van der Waals surface area contributed by atoms with Crippen molar-refractivity contribution in [2.24, 2.45) is 0 Å². The molecular formula is C6H4N2O2. The number of nitrogens with zero attached hydrogens (tertiary/aromatic N) is 2. The van der Waals surface area contributed by atoms with Crippen molar-refractivity contribution in [3.8, 4) is 11.5 Å². The monoisotopic (exact) mass is 136 g/mol. The summed E-state index contributed by atoms with van der Waals surface area (Å²) in [6.45, 7) is 0. The molecule has 50 valence electrons. The second-order valence-electron chi connectivity index (χ2n) is 1.75. The number of rotatable bonds is 1. The fourth-order valence-corrected chi connectivity index (χ4v) is 0.686. The van der Waals surface area contributed by atoms with Gasteiger partial charge in [-0.15, -0.1) is 0 Å². The molecule has 0 aliphatic carbocycles. The van der Waals surface area contributed by atoms with E-state index in [1.807, 2.05) is 0 Å². The first-order valence-electron chi connectivity index (χ1n) is 2.78. The van der Waals surface area contributed by atoms with Gasteiger partial charge in [0.05, 0.1) is 12.4 Å². The van der Waals surface area contributed by atoms with Gasteiger partial charge in [-0.1, -0.05) is 10.3 Å². The van der Waals surface area contributed by atoms with E-state index in [-0.39, 0.29) is 0 Å². The van der Waals surface area contributed by atoms with Gasteiger partial charge in [0, 0.05) is 12.1 Å². The maximum Gasteiger partial charge on any atom is 0.204 e. The lowest BCUT2D eigenvalue weighted by molar-refractivity contribution is 0.387. The highest BCUT2D eigenvalue weighted by Crippen LogP contribution is 2.16. The van der Waals surface area contributed by atoms with Crippen LogP contribution < -0.4 is 0 Å². The molecule has 10 heavy (non-hydrogen) atoms. The zero-order valence-electron chi connectivity index (χ0n) is 5.02. The first-order valence-corrected chi connectivity index (χ1v) is 2.78. The quantitative estimate of drug-likeness (QED) is 0.593. The molecule has 0 aliphatic heterocycles. The summed E-state index contributed by atoms with van der Waals surface area (Å²) < 4.78 is 9.59. The van der Waals surface area contributed by atoms with Crippen LogP contribution in [-0.4, -0.2) is 10.3 Å². The highest BCUT2D eigenvalue weighted by atomic mass is 16.5. The van der Waals surface area contributed by atoms with Crippen LogP contribution in [0.25, 0.3) is 11.5 Å². The fourth-order valence-electron chi connectivity index (χ4n) is 0.686. The van der Waals surface area contributed by atoms with Crippen molar-refractivity contribution in [2.45, 2.75) is 0 Å². The van der Waals surface area contributed by atoms with Gasteiger partial charge in [-0.2, -0.15) is 0 Å². The number of aromatic nitrogens is 2. The first kappa shape index (κ1) is 5.22. The van der Waals surface area contributed by atoms with Crippen LogP contribution >= 0.6 is 0 Å². The number of hydrogen-bond acceptors (Lipinski definition) is 4. The number of hydrogen-bond donors (Lipinski definition) is 0. The van der Waals surface area contributed by atoms with Crippen LogP contribution in [-0.2, 0) is 0 Å². The van der Waals surface area contributed by atoms with Gasteiger partial charge in [0.1, 0.15) is 0 Å². The normalized spacial score (nSPS) is 10.0. The van der Waals surface area contributed by atoms with Crippen molar-refractivity contribution >= 4 is 0 Å². The first-order chi connectivity index (χ1) is 4.97. The Hall–Kier alpha value is -1.58. The Bertz CT molecular complexity index is 253. The van der Waals surface area contributed by atoms with Crippen LogP contribution in [0.5, 0.6) is 0 Å². The molecule has 0 spiro atoms. The second kappa shape index (κ2) is 1.98. The summed E-state index contributed by atoms with van der Waals surface area (Å²) >= 11 is 0. The Kier molecular flexibility index (Phi) is 1.04. The molecule has 0 amide bonds. The van der Waals surface area contributed by atoms with Crippen LogP contribution in [0.2, 0.25) is 0 Å². The Morgan fingerprint density at radius 1 is 0.900 bits per heavy atom. The highest BCUT2D eigenvalue weighted by Gasteiger charge is 2.03. The molecule has 0 atom stereocenters. The maximum atomic E-state index is 4.79. The van der Waals surface area contributed by atoms with E-state index in [2.05, 4.69) is 10.3 Å². The van der Waals surface area contributed by atoms with Gasteiger partial charge in [-0.3, -0.25) is 0 Å². The highest BCUT2D eigenvalue weighted by molar-refractivity contribution is 5.46. The third-order valence-corrected chi connectivity index (χ3v) is 1.12. The van der Waals surface area contributed by atoms with Crippen molar-refractivity contribution in [1.82, 2.24) is 10.3 Å². The van der Waals surface area contributed by atoms with E-state index in [0.29, 0.717) is 11.5 Å².